The van der Waals surface area contributed by atoms with Gasteiger partial charge in [-0.1, -0.05) is 46.7 Å². The number of carbonyl (C=O) groups excluding carboxylic acids is 1. The predicted octanol–water partition coefficient (Wildman–Crippen LogP) is 4.75. The molecule has 0 radical (unpaired) electrons. The molecule has 1 N–H and O–H groups in total. The van der Waals surface area contributed by atoms with E-state index in [1.807, 2.05) is 12.1 Å². The van der Waals surface area contributed by atoms with Crippen LogP contribution in [0.25, 0.3) is 0 Å². The fraction of sp³-hybridized carbons (Fsp3) is 0.316. The molecular formula is C19H22FO2P. The van der Waals surface area contributed by atoms with Crippen LogP contribution < -0.4 is 5.30 Å². The third kappa shape index (κ3) is 3.61. The number of rotatable bonds is 6. The predicted molar refractivity (Wildman–Crippen MR) is 94.7 cm³/mol. The molecule has 1 atom stereocenters. The zero-order valence-corrected chi connectivity index (χ0v) is 14.7. The van der Waals surface area contributed by atoms with Crippen molar-refractivity contribution in [3.63, 3.8) is 0 Å². The van der Waals surface area contributed by atoms with Crippen molar-refractivity contribution >= 4 is 19.7 Å². The Bertz CT molecular complexity index is 708. The largest absolute Gasteiger partial charge is 0.508 e. The highest BCUT2D eigenvalue weighted by Crippen LogP contribution is 2.49. The minimum absolute atomic E-state index is 0.134. The molecule has 0 fully saturated rings. The van der Waals surface area contributed by atoms with Gasteiger partial charge in [-0.15, -0.1) is 0 Å². The summed E-state index contributed by atoms with van der Waals surface area (Å²) in [6.45, 7) is 5.63. The van der Waals surface area contributed by atoms with Crippen LogP contribution in [-0.2, 0) is 5.16 Å². The molecule has 0 bridgehead atoms. The van der Waals surface area contributed by atoms with Crippen LogP contribution >= 0.6 is 8.58 Å². The van der Waals surface area contributed by atoms with E-state index in [-0.39, 0.29) is 25.3 Å². The Balaban J connectivity index is 2.53. The fourth-order valence-electron chi connectivity index (χ4n) is 2.93. The summed E-state index contributed by atoms with van der Waals surface area (Å²) < 4.78 is 13.5. The first kappa shape index (κ1) is 17.6. The van der Waals surface area contributed by atoms with E-state index in [4.69, 9.17) is 0 Å². The molecule has 2 aromatic rings. The first-order valence-corrected chi connectivity index (χ1v) is 8.80. The molecule has 1 unspecified atom stereocenters. The average Bonchev–Trinajstić information content (AvgIpc) is 2.54. The zero-order chi connectivity index (χ0) is 17.0. The van der Waals surface area contributed by atoms with Gasteiger partial charge in [0.2, 0.25) is 0 Å². The first-order valence-electron chi connectivity index (χ1n) is 7.80. The van der Waals surface area contributed by atoms with Gasteiger partial charge in [0.05, 0.1) is 0 Å². The number of halogens is 1. The number of ketones is 1. The molecule has 4 heteroatoms. The molecule has 2 aromatic carbocycles. The van der Waals surface area contributed by atoms with Crippen molar-refractivity contribution in [2.75, 3.05) is 0 Å². The molecule has 0 saturated carbocycles. The normalized spacial score (nSPS) is 12.0. The van der Waals surface area contributed by atoms with E-state index in [9.17, 15) is 14.3 Å². The Morgan fingerprint density at radius 2 is 1.83 bits per heavy atom. The number of aromatic hydroxyl groups is 1. The number of hydrogen-bond acceptors (Lipinski definition) is 2. The van der Waals surface area contributed by atoms with E-state index in [2.05, 4.69) is 13.8 Å². The van der Waals surface area contributed by atoms with Gasteiger partial charge in [0.15, 0.2) is 5.78 Å². The van der Waals surface area contributed by atoms with E-state index in [1.54, 1.807) is 18.2 Å². The molecule has 0 aromatic heterocycles. The van der Waals surface area contributed by atoms with E-state index in [0.29, 0.717) is 5.56 Å². The smallest absolute Gasteiger partial charge is 0.160 e. The van der Waals surface area contributed by atoms with Gasteiger partial charge >= 0.3 is 0 Å². The summed E-state index contributed by atoms with van der Waals surface area (Å²) in [5.74, 6) is -0.259. The number of benzene rings is 2. The molecule has 2 rings (SSSR count). The van der Waals surface area contributed by atoms with Crippen LogP contribution in [0.5, 0.6) is 5.75 Å². The van der Waals surface area contributed by atoms with Gasteiger partial charge in [0.1, 0.15) is 11.6 Å². The summed E-state index contributed by atoms with van der Waals surface area (Å²) in [6, 6.07) is 11.8. The highest BCUT2D eigenvalue weighted by atomic mass is 31.1. The van der Waals surface area contributed by atoms with E-state index < -0.39 is 5.82 Å². The Kier molecular flexibility index (Phi) is 5.54. The lowest BCUT2D eigenvalue weighted by Crippen LogP contribution is -2.24. The van der Waals surface area contributed by atoms with Crippen LogP contribution in [0.1, 0.15) is 49.5 Å². The standard InChI is InChI=1S/C19H22FO2P/c1-4-19(5-2,16-8-6-7-9-17(16)22)23-18-11-10-14(20)12-15(18)13(3)21/h6-12,22-23H,4-5H2,1-3H3. The van der Waals surface area contributed by atoms with Gasteiger partial charge in [-0.25, -0.2) is 4.39 Å². The molecule has 0 aliphatic rings. The number of hydrogen-bond donors (Lipinski definition) is 1. The molecule has 122 valence electrons. The number of para-hydroxylation sites is 1. The second-order valence-electron chi connectivity index (χ2n) is 5.68. The van der Waals surface area contributed by atoms with Crippen molar-refractivity contribution in [1.29, 1.82) is 0 Å². The highest BCUT2D eigenvalue weighted by molar-refractivity contribution is 7.48. The fourth-order valence-corrected chi connectivity index (χ4v) is 4.69. The highest BCUT2D eigenvalue weighted by Gasteiger charge is 2.32. The second-order valence-corrected chi connectivity index (χ2v) is 7.42. The van der Waals surface area contributed by atoms with E-state index in [0.717, 1.165) is 23.7 Å². The Hall–Kier alpha value is -1.73. The third-order valence-corrected chi connectivity index (χ3v) is 6.52. The van der Waals surface area contributed by atoms with Gasteiger partial charge in [0, 0.05) is 16.3 Å². The Morgan fingerprint density at radius 3 is 2.39 bits per heavy atom. The molecule has 0 amide bonds. The maximum absolute atomic E-state index is 13.5. The van der Waals surface area contributed by atoms with E-state index >= 15 is 0 Å². The van der Waals surface area contributed by atoms with Crippen molar-refractivity contribution in [3.05, 3.63) is 59.4 Å². The van der Waals surface area contributed by atoms with Crippen molar-refractivity contribution in [2.24, 2.45) is 0 Å². The minimum Gasteiger partial charge on any atom is -0.508 e. The Morgan fingerprint density at radius 1 is 1.17 bits per heavy atom. The molecular weight excluding hydrogens is 310 g/mol. The van der Waals surface area contributed by atoms with Crippen LogP contribution in [0.3, 0.4) is 0 Å². The molecule has 23 heavy (non-hydrogen) atoms. The SMILES string of the molecule is CCC(CC)(Pc1ccc(F)cc1C(C)=O)c1ccccc1O. The Labute approximate surface area is 138 Å². The van der Waals surface area contributed by atoms with Gasteiger partial charge in [-0.05, 0) is 43.3 Å². The number of phenols is 1. The van der Waals surface area contributed by atoms with Crippen LogP contribution in [0.15, 0.2) is 42.5 Å². The first-order chi connectivity index (χ1) is 10.9. The quantitative estimate of drug-likeness (QED) is 0.612. The molecule has 0 heterocycles. The molecule has 0 aliphatic carbocycles. The van der Waals surface area contributed by atoms with Gasteiger partial charge in [0.25, 0.3) is 0 Å². The van der Waals surface area contributed by atoms with Crippen molar-refractivity contribution in [3.8, 4) is 5.75 Å². The summed E-state index contributed by atoms with van der Waals surface area (Å²) in [5.41, 5.74) is 1.33. The van der Waals surface area contributed by atoms with Crippen LogP contribution in [0.4, 0.5) is 4.39 Å². The number of Topliss-reactive ketones (excluding diaryl/α,β-unsaturated/α-hetero) is 1. The lowest BCUT2D eigenvalue weighted by Gasteiger charge is -2.33. The summed E-state index contributed by atoms with van der Waals surface area (Å²) >= 11 is 0. The van der Waals surface area contributed by atoms with Gasteiger partial charge < -0.3 is 5.11 Å². The summed E-state index contributed by atoms with van der Waals surface area (Å²) in [5, 5.41) is 10.9. The average molecular weight is 332 g/mol. The third-order valence-electron chi connectivity index (χ3n) is 4.36. The zero-order valence-electron chi connectivity index (χ0n) is 13.7. The topological polar surface area (TPSA) is 37.3 Å². The lowest BCUT2D eigenvalue weighted by molar-refractivity contribution is 0.101. The van der Waals surface area contributed by atoms with Crippen LogP contribution in [0, 0.1) is 5.82 Å². The molecule has 0 aliphatic heterocycles. The van der Waals surface area contributed by atoms with Crippen molar-refractivity contribution in [2.45, 2.75) is 38.8 Å². The number of carbonyl (C=O) groups is 1. The minimum atomic E-state index is -0.398. The van der Waals surface area contributed by atoms with E-state index in [1.165, 1.54) is 19.1 Å². The van der Waals surface area contributed by atoms with Gasteiger partial charge in [-0.3, -0.25) is 4.79 Å². The summed E-state index contributed by atoms with van der Waals surface area (Å²) in [7, 11) is 0.280. The molecule has 0 spiro atoms. The second kappa shape index (κ2) is 7.23. The van der Waals surface area contributed by atoms with Crippen molar-refractivity contribution < 1.29 is 14.3 Å². The van der Waals surface area contributed by atoms with Crippen LogP contribution in [-0.4, -0.2) is 10.9 Å². The van der Waals surface area contributed by atoms with Gasteiger partial charge in [-0.2, -0.15) is 0 Å². The monoisotopic (exact) mass is 332 g/mol. The molecule has 0 saturated heterocycles. The lowest BCUT2D eigenvalue weighted by atomic mass is 9.92. The summed E-state index contributed by atoms with van der Waals surface area (Å²) in [6.07, 6.45) is 1.66. The maximum Gasteiger partial charge on any atom is 0.160 e. The molecule has 2 nitrogen and oxygen atoms in total. The number of phenolic OH excluding ortho intramolecular Hbond substituents is 1. The van der Waals surface area contributed by atoms with Crippen molar-refractivity contribution in [1.82, 2.24) is 0 Å². The summed E-state index contributed by atoms with van der Waals surface area (Å²) in [4.78, 5) is 11.9. The van der Waals surface area contributed by atoms with Crippen LogP contribution in [0.2, 0.25) is 0 Å². The maximum atomic E-state index is 13.5.